The SMILES string of the molecule is CCC(C)(C)N(C)S(=O)(=O)c1ccc(Cl)c(CN)c1Cl. The average Bonchev–Trinajstić information content (AvgIpc) is 2.38. The van der Waals surface area contributed by atoms with E-state index in [0.29, 0.717) is 17.0 Å². The van der Waals surface area contributed by atoms with Gasteiger partial charge in [0.2, 0.25) is 10.0 Å². The maximum absolute atomic E-state index is 12.7. The Bertz CT molecular complexity index is 601. The fourth-order valence-electron chi connectivity index (χ4n) is 1.66. The summed E-state index contributed by atoms with van der Waals surface area (Å²) in [6.45, 7) is 5.74. The molecular weight excluding hydrogens is 319 g/mol. The van der Waals surface area contributed by atoms with E-state index >= 15 is 0 Å². The third-order valence-electron chi connectivity index (χ3n) is 3.71. The molecule has 0 aliphatic rings. The number of nitrogens with two attached hydrogens (primary N) is 1. The fourth-order valence-corrected chi connectivity index (χ4v) is 4.14. The lowest BCUT2D eigenvalue weighted by Gasteiger charge is -2.34. The van der Waals surface area contributed by atoms with Crippen molar-refractivity contribution in [2.75, 3.05) is 7.05 Å². The van der Waals surface area contributed by atoms with Gasteiger partial charge in [0, 0.05) is 29.7 Å². The van der Waals surface area contributed by atoms with Crippen molar-refractivity contribution in [3.8, 4) is 0 Å². The quantitative estimate of drug-likeness (QED) is 0.896. The lowest BCUT2D eigenvalue weighted by molar-refractivity contribution is 0.257. The van der Waals surface area contributed by atoms with Crippen LogP contribution in [0.3, 0.4) is 0 Å². The first-order valence-corrected chi connectivity index (χ1v) is 8.45. The van der Waals surface area contributed by atoms with Crippen LogP contribution in [0, 0.1) is 0 Å². The maximum atomic E-state index is 12.7. The Balaban J connectivity index is 3.45. The highest BCUT2D eigenvalue weighted by atomic mass is 35.5. The van der Waals surface area contributed by atoms with Crippen molar-refractivity contribution in [2.24, 2.45) is 5.73 Å². The zero-order valence-electron chi connectivity index (χ0n) is 12.1. The normalized spacial score (nSPS) is 13.0. The molecule has 0 saturated heterocycles. The van der Waals surface area contributed by atoms with Crippen LogP contribution in [0.1, 0.15) is 32.8 Å². The summed E-state index contributed by atoms with van der Waals surface area (Å²) in [4.78, 5) is 0.0352. The van der Waals surface area contributed by atoms with Gasteiger partial charge in [0.15, 0.2) is 0 Å². The molecule has 0 heterocycles. The molecule has 1 aromatic rings. The monoisotopic (exact) mass is 338 g/mol. The Labute approximate surface area is 130 Å². The summed E-state index contributed by atoms with van der Waals surface area (Å²) in [5.41, 5.74) is 5.51. The topological polar surface area (TPSA) is 63.4 Å². The third kappa shape index (κ3) is 3.12. The molecule has 0 bridgehead atoms. The summed E-state index contributed by atoms with van der Waals surface area (Å²) in [6, 6.07) is 2.93. The number of hydrogen-bond acceptors (Lipinski definition) is 3. The molecule has 0 unspecified atom stereocenters. The molecule has 0 aromatic heterocycles. The van der Waals surface area contributed by atoms with E-state index in [1.165, 1.54) is 16.4 Å². The number of sulfonamides is 1. The van der Waals surface area contributed by atoms with Crippen LogP contribution in [0.4, 0.5) is 0 Å². The van der Waals surface area contributed by atoms with Crippen LogP contribution in [0.2, 0.25) is 10.0 Å². The van der Waals surface area contributed by atoms with Gasteiger partial charge in [0.1, 0.15) is 4.90 Å². The molecule has 0 aliphatic carbocycles. The van der Waals surface area contributed by atoms with Crippen molar-refractivity contribution in [1.82, 2.24) is 4.31 Å². The van der Waals surface area contributed by atoms with E-state index in [2.05, 4.69) is 0 Å². The Morgan fingerprint density at radius 2 is 1.85 bits per heavy atom. The molecule has 1 aromatic carbocycles. The van der Waals surface area contributed by atoms with Crippen LogP contribution in [-0.4, -0.2) is 25.3 Å². The number of hydrogen-bond donors (Lipinski definition) is 1. The van der Waals surface area contributed by atoms with Gasteiger partial charge in [-0.25, -0.2) is 8.42 Å². The number of halogens is 2. The molecule has 7 heteroatoms. The second-order valence-corrected chi connectivity index (χ2v) is 7.90. The highest BCUT2D eigenvalue weighted by Crippen LogP contribution is 2.34. The molecule has 20 heavy (non-hydrogen) atoms. The molecule has 0 spiro atoms. The predicted octanol–water partition coefficient (Wildman–Crippen LogP) is 3.26. The molecule has 0 saturated carbocycles. The summed E-state index contributed by atoms with van der Waals surface area (Å²) >= 11 is 12.1. The van der Waals surface area contributed by atoms with E-state index < -0.39 is 15.6 Å². The Hall–Kier alpha value is -0.330. The van der Waals surface area contributed by atoms with Crippen LogP contribution in [0.25, 0.3) is 0 Å². The van der Waals surface area contributed by atoms with Gasteiger partial charge in [-0.1, -0.05) is 30.1 Å². The van der Waals surface area contributed by atoms with E-state index in [1.54, 1.807) is 7.05 Å². The zero-order valence-corrected chi connectivity index (χ0v) is 14.4. The third-order valence-corrected chi connectivity index (χ3v) is 6.72. The summed E-state index contributed by atoms with van der Waals surface area (Å²) in [6.07, 6.45) is 0.678. The number of benzene rings is 1. The minimum Gasteiger partial charge on any atom is -0.326 e. The van der Waals surface area contributed by atoms with Crippen LogP contribution in [-0.2, 0) is 16.6 Å². The van der Waals surface area contributed by atoms with Gasteiger partial charge in [-0.05, 0) is 32.4 Å². The summed E-state index contributed by atoms with van der Waals surface area (Å²) in [7, 11) is -2.15. The van der Waals surface area contributed by atoms with Gasteiger partial charge < -0.3 is 5.73 Å². The Morgan fingerprint density at radius 1 is 1.30 bits per heavy atom. The standard InChI is InChI=1S/C13H20Cl2N2O2S/c1-5-13(2,3)17(4)20(18,19)11-7-6-10(14)9(8-16)12(11)15/h6-7H,5,8,16H2,1-4H3. The van der Waals surface area contributed by atoms with Crippen molar-refractivity contribution in [3.05, 3.63) is 27.7 Å². The smallest absolute Gasteiger partial charge is 0.244 e. The van der Waals surface area contributed by atoms with Crippen molar-refractivity contribution >= 4 is 33.2 Å². The maximum Gasteiger partial charge on any atom is 0.244 e. The van der Waals surface area contributed by atoms with Gasteiger partial charge in [0.05, 0.1) is 5.02 Å². The first-order chi connectivity index (χ1) is 9.09. The van der Waals surface area contributed by atoms with Gasteiger partial charge in [-0.3, -0.25) is 0 Å². The van der Waals surface area contributed by atoms with Crippen molar-refractivity contribution < 1.29 is 8.42 Å². The lowest BCUT2D eigenvalue weighted by atomic mass is 10.0. The summed E-state index contributed by atoms with van der Waals surface area (Å²) in [5, 5.41) is 0.465. The molecule has 114 valence electrons. The Morgan fingerprint density at radius 3 is 2.30 bits per heavy atom. The van der Waals surface area contributed by atoms with E-state index in [4.69, 9.17) is 28.9 Å². The molecule has 2 N–H and O–H groups in total. The molecule has 0 amide bonds. The van der Waals surface area contributed by atoms with Gasteiger partial charge >= 0.3 is 0 Å². The van der Waals surface area contributed by atoms with E-state index in [-0.39, 0.29) is 16.5 Å². The van der Waals surface area contributed by atoms with E-state index in [9.17, 15) is 8.42 Å². The van der Waals surface area contributed by atoms with Crippen LogP contribution in [0.15, 0.2) is 17.0 Å². The molecular formula is C13H20Cl2N2O2S. The van der Waals surface area contributed by atoms with Crippen molar-refractivity contribution in [3.63, 3.8) is 0 Å². The van der Waals surface area contributed by atoms with Gasteiger partial charge in [0.25, 0.3) is 0 Å². The van der Waals surface area contributed by atoms with Crippen molar-refractivity contribution in [2.45, 2.75) is 44.2 Å². The summed E-state index contributed by atoms with van der Waals surface area (Å²) < 4.78 is 26.7. The Kier molecular flexibility index (Phi) is 5.49. The van der Waals surface area contributed by atoms with Crippen LogP contribution in [0.5, 0.6) is 0 Å². The van der Waals surface area contributed by atoms with Crippen LogP contribution < -0.4 is 5.73 Å². The first-order valence-electron chi connectivity index (χ1n) is 6.25. The van der Waals surface area contributed by atoms with Gasteiger partial charge in [-0.15, -0.1) is 0 Å². The van der Waals surface area contributed by atoms with Crippen LogP contribution >= 0.6 is 23.2 Å². The lowest BCUT2D eigenvalue weighted by Crippen LogP contribution is -2.44. The van der Waals surface area contributed by atoms with Gasteiger partial charge in [-0.2, -0.15) is 4.31 Å². The molecule has 1 rings (SSSR count). The molecule has 0 aliphatic heterocycles. The average molecular weight is 339 g/mol. The molecule has 0 radical (unpaired) electrons. The van der Waals surface area contributed by atoms with E-state index in [1.807, 2.05) is 20.8 Å². The second-order valence-electron chi connectivity index (χ2n) is 5.18. The minimum absolute atomic E-state index is 0.0352. The molecule has 0 atom stereocenters. The largest absolute Gasteiger partial charge is 0.326 e. The summed E-state index contributed by atoms with van der Waals surface area (Å²) in [5.74, 6) is 0. The predicted molar refractivity (Wildman–Crippen MR) is 83.7 cm³/mol. The second kappa shape index (κ2) is 6.20. The van der Waals surface area contributed by atoms with E-state index in [0.717, 1.165) is 0 Å². The number of nitrogens with zero attached hydrogens (tertiary/aromatic N) is 1. The molecule has 4 nitrogen and oxygen atoms in total. The highest BCUT2D eigenvalue weighted by Gasteiger charge is 2.34. The minimum atomic E-state index is -3.70. The fraction of sp³-hybridized carbons (Fsp3) is 0.538. The highest BCUT2D eigenvalue weighted by molar-refractivity contribution is 7.89. The number of rotatable bonds is 5. The molecule has 0 fully saturated rings. The van der Waals surface area contributed by atoms with Crippen molar-refractivity contribution in [1.29, 1.82) is 0 Å². The first kappa shape index (κ1) is 17.7. The zero-order chi connectivity index (χ0) is 15.7.